The zero-order chi connectivity index (χ0) is 12.2. The van der Waals surface area contributed by atoms with E-state index in [9.17, 15) is 0 Å². The molecule has 0 aliphatic heterocycles. The lowest BCUT2D eigenvalue weighted by molar-refractivity contribution is 0.330. The number of thioether (sulfide) groups is 1. The van der Waals surface area contributed by atoms with Crippen molar-refractivity contribution in [1.29, 1.82) is 0 Å². The first-order chi connectivity index (χ1) is 8.43. The minimum Gasteiger partial charge on any atom is -0.477 e. The Hall–Kier alpha value is -0.900. The van der Waals surface area contributed by atoms with Crippen LogP contribution in [0.5, 0.6) is 5.88 Å². The Morgan fingerprint density at radius 2 is 2.29 bits per heavy atom. The Kier molecular flexibility index (Phi) is 8.55. The molecule has 0 spiro atoms. The maximum atomic E-state index is 5.48. The van der Waals surface area contributed by atoms with Crippen molar-refractivity contribution in [2.45, 2.75) is 12.8 Å². The van der Waals surface area contributed by atoms with E-state index in [0.29, 0.717) is 12.5 Å². The molecule has 5 heteroatoms. The van der Waals surface area contributed by atoms with Gasteiger partial charge in [-0.3, -0.25) is 0 Å². The molecule has 1 aromatic heterocycles. The molecule has 0 amide bonds. The molecule has 0 saturated heterocycles. The number of unbranched alkanes of at least 4 members (excludes halogenated alkanes) is 1. The van der Waals surface area contributed by atoms with Crippen LogP contribution in [0.4, 0.5) is 0 Å². The highest BCUT2D eigenvalue weighted by Gasteiger charge is 1.94. The smallest absolute Gasteiger partial charge is 0.213 e. The van der Waals surface area contributed by atoms with Crippen molar-refractivity contribution in [2.75, 3.05) is 24.7 Å². The highest BCUT2D eigenvalue weighted by molar-refractivity contribution is 7.99. The molecular weight excluding hydrogens is 252 g/mol. The predicted octanol–water partition coefficient (Wildman–Crippen LogP) is 3.08. The van der Waals surface area contributed by atoms with E-state index in [-0.39, 0.29) is 0 Å². The molecule has 0 bridgehead atoms. The fourth-order valence-electron chi connectivity index (χ4n) is 1.18. The number of ether oxygens (including phenoxy) is 1. The fraction of sp³-hybridized carbons (Fsp3) is 0.500. The van der Waals surface area contributed by atoms with Gasteiger partial charge >= 0.3 is 0 Å². The third kappa shape index (κ3) is 7.91. The van der Waals surface area contributed by atoms with Gasteiger partial charge in [0.1, 0.15) is 0 Å². The minimum atomic E-state index is 0.698. The Balaban J connectivity index is 1.89. The summed E-state index contributed by atoms with van der Waals surface area (Å²) in [7, 11) is 0. The van der Waals surface area contributed by atoms with Crippen molar-refractivity contribution >= 4 is 29.1 Å². The largest absolute Gasteiger partial charge is 0.477 e. The summed E-state index contributed by atoms with van der Waals surface area (Å²) in [5.74, 6) is 2.83. The summed E-state index contributed by atoms with van der Waals surface area (Å²) in [4.78, 5) is 7.95. The van der Waals surface area contributed by atoms with E-state index in [1.165, 1.54) is 0 Å². The molecule has 0 aliphatic carbocycles. The van der Waals surface area contributed by atoms with Crippen LogP contribution in [0.25, 0.3) is 0 Å². The van der Waals surface area contributed by atoms with Gasteiger partial charge in [0, 0.05) is 24.6 Å². The van der Waals surface area contributed by atoms with Gasteiger partial charge in [0.2, 0.25) is 5.88 Å². The molecule has 1 rings (SSSR count). The number of hydrogen-bond donors (Lipinski definition) is 0. The van der Waals surface area contributed by atoms with E-state index < -0.39 is 0 Å². The van der Waals surface area contributed by atoms with Crippen LogP contribution < -0.4 is 4.74 Å². The van der Waals surface area contributed by atoms with Crippen LogP contribution in [-0.4, -0.2) is 34.8 Å². The molecule has 0 unspecified atom stereocenters. The topological polar surface area (TPSA) is 34.5 Å². The van der Waals surface area contributed by atoms with Crippen LogP contribution in [-0.2, 0) is 0 Å². The molecule has 0 saturated carbocycles. The average Bonchev–Trinajstić information content (AvgIpc) is 2.38. The maximum absolute atomic E-state index is 5.48. The second kappa shape index (κ2) is 10.3. The number of aliphatic imine (C=N–C) groups is 1. The van der Waals surface area contributed by atoms with Gasteiger partial charge in [0.05, 0.1) is 11.8 Å². The van der Waals surface area contributed by atoms with Gasteiger partial charge in [-0.05, 0) is 36.9 Å². The lowest BCUT2D eigenvalue weighted by Crippen LogP contribution is -2.01. The lowest BCUT2D eigenvalue weighted by Gasteiger charge is -2.04. The quantitative estimate of drug-likeness (QED) is 0.391. The third-order valence-electron chi connectivity index (χ3n) is 1.99. The number of rotatable bonds is 9. The molecule has 0 atom stereocenters. The van der Waals surface area contributed by atoms with Gasteiger partial charge in [-0.1, -0.05) is 6.07 Å². The normalized spacial score (nSPS) is 9.65. The van der Waals surface area contributed by atoms with Gasteiger partial charge in [0.25, 0.3) is 0 Å². The van der Waals surface area contributed by atoms with Crippen LogP contribution in [0.15, 0.2) is 29.4 Å². The zero-order valence-corrected chi connectivity index (χ0v) is 11.3. The van der Waals surface area contributed by atoms with Crippen molar-refractivity contribution in [3.63, 3.8) is 0 Å². The summed E-state index contributed by atoms with van der Waals surface area (Å²) in [5.41, 5.74) is 0. The molecule has 92 valence electrons. The highest BCUT2D eigenvalue weighted by Crippen LogP contribution is 2.07. The lowest BCUT2D eigenvalue weighted by atomic mass is 10.3. The summed E-state index contributed by atoms with van der Waals surface area (Å²) in [6, 6.07) is 5.67. The predicted molar refractivity (Wildman–Crippen MR) is 76.2 cm³/mol. The molecule has 0 N–H and O–H groups in total. The summed E-state index contributed by atoms with van der Waals surface area (Å²) < 4.78 is 5.48. The standard InChI is InChI=1S/C12H16N2OS2/c16-11-13-6-3-4-9-17-10-8-15-12-5-1-2-7-14-12/h1-2,5,7H,3-4,6,8-10H2. The Bertz CT molecular complexity index is 340. The Labute approximate surface area is 112 Å². The fourth-order valence-corrected chi connectivity index (χ4v) is 2.09. The molecular formula is C12H16N2OS2. The van der Waals surface area contributed by atoms with E-state index in [4.69, 9.17) is 4.74 Å². The molecule has 0 fully saturated rings. The van der Waals surface area contributed by atoms with E-state index in [1.807, 2.05) is 30.0 Å². The summed E-state index contributed by atoms with van der Waals surface area (Å²) in [6.45, 7) is 1.51. The monoisotopic (exact) mass is 268 g/mol. The Morgan fingerprint density at radius 1 is 1.35 bits per heavy atom. The van der Waals surface area contributed by atoms with E-state index in [2.05, 4.69) is 27.4 Å². The van der Waals surface area contributed by atoms with E-state index >= 15 is 0 Å². The first kappa shape index (κ1) is 14.2. The SMILES string of the molecule is S=C=NCCCCSCCOc1ccccn1. The van der Waals surface area contributed by atoms with Crippen LogP contribution >= 0.6 is 24.0 Å². The molecule has 0 radical (unpaired) electrons. The molecule has 0 aromatic carbocycles. The van der Waals surface area contributed by atoms with Gasteiger partial charge in [-0.2, -0.15) is 11.8 Å². The molecule has 3 nitrogen and oxygen atoms in total. The third-order valence-corrected chi connectivity index (χ3v) is 3.15. The Morgan fingerprint density at radius 3 is 3.06 bits per heavy atom. The number of hydrogen-bond acceptors (Lipinski definition) is 5. The van der Waals surface area contributed by atoms with Gasteiger partial charge < -0.3 is 4.74 Å². The van der Waals surface area contributed by atoms with Crippen molar-refractivity contribution in [1.82, 2.24) is 4.98 Å². The number of thiocarbonyl (C=S) groups is 1. The molecule has 1 aromatic rings. The minimum absolute atomic E-state index is 0.698. The number of pyridine rings is 1. The second-order valence-electron chi connectivity index (χ2n) is 3.31. The number of nitrogens with zero attached hydrogens (tertiary/aromatic N) is 2. The first-order valence-corrected chi connectivity index (χ1v) is 7.15. The van der Waals surface area contributed by atoms with Crippen LogP contribution in [0.2, 0.25) is 0 Å². The summed E-state index contributed by atoms with van der Waals surface area (Å²) in [5, 5.41) is 2.37. The molecule has 1 heterocycles. The molecule has 0 aliphatic rings. The van der Waals surface area contributed by atoms with Crippen LogP contribution in [0.1, 0.15) is 12.8 Å². The van der Waals surface area contributed by atoms with Crippen LogP contribution in [0, 0.1) is 0 Å². The average molecular weight is 268 g/mol. The van der Waals surface area contributed by atoms with E-state index in [0.717, 1.165) is 30.9 Å². The summed E-state index contributed by atoms with van der Waals surface area (Å²) >= 11 is 6.38. The van der Waals surface area contributed by atoms with Crippen molar-refractivity contribution in [3.8, 4) is 5.88 Å². The van der Waals surface area contributed by atoms with Crippen LogP contribution in [0.3, 0.4) is 0 Å². The highest BCUT2D eigenvalue weighted by atomic mass is 32.2. The molecule has 17 heavy (non-hydrogen) atoms. The van der Waals surface area contributed by atoms with Crippen molar-refractivity contribution in [2.24, 2.45) is 4.99 Å². The van der Waals surface area contributed by atoms with Crippen molar-refractivity contribution < 1.29 is 4.74 Å². The van der Waals surface area contributed by atoms with Crippen molar-refractivity contribution in [3.05, 3.63) is 24.4 Å². The maximum Gasteiger partial charge on any atom is 0.213 e. The van der Waals surface area contributed by atoms with Gasteiger partial charge in [0.15, 0.2) is 0 Å². The first-order valence-electron chi connectivity index (χ1n) is 5.58. The zero-order valence-electron chi connectivity index (χ0n) is 9.67. The van der Waals surface area contributed by atoms with Gasteiger partial charge in [-0.15, -0.1) is 0 Å². The number of aromatic nitrogens is 1. The second-order valence-corrected chi connectivity index (χ2v) is 4.72. The van der Waals surface area contributed by atoms with Gasteiger partial charge in [-0.25, -0.2) is 9.98 Å². The number of isothiocyanates is 1. The summed E-state index contributed by atoms with van der Waals surface area (Å²) in [6.07, 6.45) is 3.98. The van der Waals surface area contributed by atoms with E-state index in [1.54, 1.807) is 6.20 Å².